The molecular weight excluding hydrogens is 352 g/mol. The van der Waals surface area contributed by atoms with Crippen LogP contribution in [-0.4, -0.2) is 31.2 Å². The van der Waals surface area contributed by atoms with Gasteiger partial charge in [-0.1, -0.05) is 18.2 Å². The minimum Gasteiger partial charge on any atom is -0.381 e. The van der Waals surface area contributed by atoms with Crippen molar-refractivity contribution in [1.29, 1.82) is 0 Å². The predicted molar refractivity (Wildman–Crippen MR) is 84.6 cm³/mol. The van der Waals surface area contributed by atoms with Gasteiger partial charge in [0.05, 0.1) is 30.9 Å². The maximum atomic E-state index is 14.4. The minimum absolute atomic E-state index is 0.0544. The molecule has 140 valence electrons. The van der Waals surface area contributed by atoms with Gasteiger partial charge in [0.1, 0.15) is 5.82 Å². The zero-order valence-electron chi connectivity index (χ0n) is 13.7. The topological polar surface area (TPSA) is 50.4 Å². The molecule has 1 aromatic rings. The summed E-state index contributed by atoms with van der Waals surface area (Å²) < 4.78 is 57.8. The van der Waals surface area contributed by atoms with E-state index in [0.717, 1.165) is 12.1 Å². The van der Waals surface area contributed by atoms with Gasteiger partial charge in [0.15, 0.2) is 0 Å². The molecule has 26 heavy (non-hydrogen) atoms. The zero-order chi connectivity index (χ0) is 18.5. The molecule has 4 atom stereocenters. The van der Waals surface area contributed by atoms with Crippen molar-refractivity contribution >= 4 is 5.91 Å². The molecule has 2 fully saturated rings. The molecule has 1 amide bonds. The highest BCUT2D eigenvalue weighted by atomic mass is 19.4. The molecule has 2 saturated heterocycles. The van der Waals surface area contributed by atoms with Gasteiger partial charge < -0.3 is 10.1 Å². The third kappa shape index (κ3) is 3.12. The smallest absolute Gasteiger partial charge is 0.381 e. The fraction of sp³-hybridized carbons (Fsp3) is 0.500. The van der Waals surface area contributed by atoms with E-state index >= 15 is 0 Å². The maximum absolute atomic E-state index is 14.4. The van der Waals surface area contributed by atoms with Crippen LogP contribution in [0, 0.1) is 17.7 Å². The molecule has 4 nitrogen and oxygen atoms in total. The Bertz CT molecular complexity index is 731. The van der Waals surface area contributed by atoms with Gasteiger partial charge in [-0.3, -0.25) is 10.1 Å². The lowest BCUT2D eigenvalue weighted by Crippen LogP contribution is -2.48. The number of amides is 1. The molecule has 0 radical (unpaired) electrons. The number of rotatable bonds is 4. The van der Waals surface area contributed by atoms with Crippen LogP contribution in [0.1, 0.15) is 23.6 Å². The standard InChI is InChI=1S/C18H18F4N2O2/c19-13-6-11(18(20,21)22)2-3-12(13)16(10-7-26-8-10)24-17(25)15-5-9-1-4-14(9)23-15/h1-4,6,9-10,14-16,23H,5,7-8H2,(H,24,25)/t9-,14-,15-,16-/m1/s1. The molecule has 2 aliphatic heterocycles. The minimum atomic E-state index is -4.61. The summed E-state index contributed by atoms with van der Waals surface area (Å²) in [6.07, 6.45) is 0.0799. The molecule has 3 aliphatic rings. The number of ether oxygens (including phenoxy) is 1. The summed E-state index contributed by atoms with van der Waals surface area (Å²) in [7, 11) is 0. The highest BCUT2D eigenvalue weighted by Gasteiger charge is 2.41. The van der Waals surface area contributed by atoms with E-state index in [1.165, 1.54) is 0 Å². The van der Waals surface area contributed by atoms with Crippen LogP contribution in [-0.2, 0) is 15.7 Å². The number of nitrogens with one attached hydrogen (secondary N) is 2. The summed E-state index contributed by atoms with van der Waals surface area (Å²) in [5.74, 6) is -1.07. The number of hydrogen-bond acceptors (Lipinski definition) is 3. The second-order valence-electron chi connectivity index (χ2n) is 7.05. The summed E-state index contributed by atoms with van der Waals surface area (Å²) >= 11 is 0. The first-order valence-electron chi connectivity index (χ1n) is 8.52. The average Bonchev–Trinajstić information content (AvgIpc) is 2.79. The monoisotopic (exact) mass is 370 g/mol. The highest BCUT2D eigenvalue weighted by Crippen LogP contribution is 2.35. The fourth-order valence-corrected chi connectivity index (χ4v) is 3.64. The number of benzene rings is 1. The Kier molecular flexibility index (Phi) is 4.27. The molecule has 0 bridgehead atoms. The highest BCUT2D eigenvalue weighted by molar-refractivity contribution is 5.83. The molecule has 0 aromatic heterocycles. The van der Waals surface area contributed by atoms with Crippen LogP contribution in [0.4, 0.5) is 17.6 Å². The van der Waals surface area contributed by atoms with Crippen LogP contribution in [0.2, 0.25) is 0 Å². The Morgan fingerprint density at radius 2 is 2.04 bits per heavy atom. The first-order chi connectivity index (χ1) is 12.3. The van der Waals surface area contributed by atoms with E-state index in [2.05, 4.69) is 10.6 Å². The predicted octanol–water partition coefficient (Wildman–Crippen LogP) is 2.56. The van der Waals surface area contributed by atoms with Crippen molar-refractivity contribution < 1.29 is 27.1 Å². The third-order valence-corrected chi connectivity index (χ3v) is 5.34. The Labute approximate surface area is 147 Å². The number of carbonyl (C=O) groups is 1. The lowest BCUT2D eigenvalue weighted by atomic mass is 9.88. The molecule has 4 rings (SSSR count). The normalized spacial score (nSPS) is 28.8. The van der Waals surface area contributed by atoms with Crippen LogP contribution in [0.5, 0.6) is 0 Å². The van der Waals surface area contributed by atoms with Gasteiger partial charge in [0.2, 0.25) is 5.91 Å². The quantitative estimate of drug-likeness (QED) is 0.633. The van der Waals surface area contributed by atoms with Crippen LogP contribution in [0.25, 0.3) is 0 Å². The Hall–Kier alpha value is -1.93. The fourth-order valence-electron chi connectivity index (χ4n) is 3.64. The van der Waals surface area contributed by atoms with E-state index in [1.807, 2.05) is 12.2 Å². The summed E-state index contributed by atoms with van der Waals surface area (Å²) in [4.78, 5) is 12.6. The van der Waals surface area contributed by atoms with Crippen molar-refractivity contribution in [2.45, 2.75) is 30.7 Å². The van der Waals surface area contributed by atoms with Crippen molar-refractivity contribution in [2.75, 3.05) is 13.2 Å². The molecule has 8 heteroatoms. The first-order valence-corrected chi connectivity index (χ1v) is 8.52. The zero-order valence-corrected chi connectivity index (χ0v) is 13.7. The van der Waals surface area contributed by atoms with Crippen molar-refractivity contribution in [1.82, 2.24) is 10.6 Å². The maximum Gasteiger partial charge on any atom is 0.416 e. The lowest BCUT2D eigenvalue weighted by Gasteiger charge is -2.35. The van der Waals surface area contributed by atoms with Crippen molar-refractivity contribution in [3.05, 3.63) is 47.3 Å². The second kappa shape index (κ2) is 6.35. The summed E-state index contributed by atoms with van der Waals surface area (Å²) in [5.41, 5.74) is -0.993. The Balaban J connectivity index is 1.53. The van der Waals surface area contributed by atoms with E-state index in [0.29, 0.717) is 31.6 Å². The third-order valence-electron chi connectivity index (χ3n) is 5.34. The SMILES string of the molecule is O=C(N[C@@H](c1ccc(C(F)(F)F)cc1F)C1COC1)[C@H]1C[C@H]2C=C[C@H]2N1. The average molecular weight is 370 g/mol. The van der Waals surface area contributed by atoms with Gasteiger partial charge in [0.25, 0.3) is 0 Å². The molecule has 2 heterocycles. The molecule has 0 saturated carbocycles. The van der Waals surface area contributed by atoms with Gasteiger partial charge in [-0.25, -0.2) is 4.39 Å². The van der Waals surface area contributed by atoms with E-state index in [-0.39, 0.29) is 29.5 Å². The molecule has 0 unspecified atom stereocenters. The molecule has 2 N–H and O–H groups in total. The van der Waals surface area contributed by atoms with Gasteiger partial charge in [-0.2, -0.15) is 13.2 Å². The Morgan fingerprint density at radius 1 is 1.27 bits per heavy atom. The van der Waals surface area contributed by atoms with E-state index in [9.17, 15) is 22.4 Å². The first kappa shape index (κ1) is 17.5. The van der Waals surface area contributed by atoms with E-state index in [1.54, 1.807) is 0 Å². The number of halogens is 4. The molecule has 1 aliphatic carbocycles. The largest absolute Gasteiger partial charge is 0.416 e. The van der Waals surface area contributed by atoms with Gasteiger partial charge in [-0.05, 0) is 24.5 Å². The van der Waals surface area contributed by atoms with Gasteiger partial charge >= 0.3 is 6.18 Å². The van der Waals surface area contributed by atoms with Crippen LogP contribution in [0.3, 0.4) is 0 Å². The van der Waals surface area contributed by atoms with Gasteiger partial charge in [0, 0.05) is 17.5 Å². The molecular formula is C18H18F4N2O2. The van der Waals surface area contributed by atoms with E-state index < -0.39 is 23.6 Å². The van der Waals surface area contributed by atoms with Crippen molar-refractivity contribution in [3.63, 3.8) is 0 Å². The van der Waals surface area contributed by atoms with Gasteiger partial charge in [-0.15, -0.1) is 0 Å². The van der Waals surface area contributed by atoms with Crippen molar-refractivity contribution in [3.8, 4) is 0 Å². The summed E-state index contributed by atoms with van der Waals surface area (Å²) in [6.45, 7) is 0.659. The summed E-state index contributed by atoms with van der Waals surface area (Å²) in [5, 5.41) is 6.01. The number of carbonyl (C=O) groups excluding carboxylic acids is 1. The summed E-state index contributed by atoms with van der Waals surface area (Å²) in [6, 6.07) is 1.52. The number of alkyl halides is 3. The van der Waals surface area contributed by atoms with Crippen LogP contribution < -0.4 is 10.6 Å². The molecule has 0 spiro atoms. The van der Waals surface area contributed by atoms with Crippen molar-refractivity contribution in [2.24, 2.45) is 11.8 Å². The molecule has 1 aromatic carbocycles. The number of hydrogen-bond donors (Lipinski definition) is 2. The Morgan fingerprint density at radius 3 is 2.50 bits per heavy atom. The number of fused-ring (bicyclic) bond motifs is 1. The lowest BCUT2D eigenvalue weighted by molar-refractivity contribution is -0.138. The van der Waals surface area contributed by atoms with Crippen LogP contribution >= 0.6 is 0 Å². The van der Waals surface area contributed by atoms with Crippen LogP contribution in [0.15, 0.2) is 30.4 Å². The van der Waals surface area contributed by atoms with E-state index in [4.69, 9.17) is 4.74 Å². The second-order valence-corrected chi connectivity index (χ2v) is 7.05.